The first kappa shape index (κ1) is 51.3. The van der Waals surface area contributed by atoms with Crippen molar-refractivity contribution in [1.82, 2.24) is 24.6 Å². The highest BCUT2D eigenvalue weighted by molar-refractivity contribution is 7.87. The minimum atomic E-state index is -4.94. The standard InChI is InChI=1S/2C9H19O.C4H6O7S.4H3N/c2*1-2-3-4-5-6-7-8-9-10;5-3(6)1-2(4(7)8)12(9,10)11;;;;/h2*2-9H2,1H3;2H,1H2,(H,5,6)(H,7,8)(H,9,10,11);4*1H3/q2*-1;;;;;/p+2. The predicted octanol–water partition coefficient (Wildman–Crippen LogP) is 1.83. The molecule has 1 unspecified atom stereocenters. The van der Waals surface area contributed by atoms with E-state index in [1.54, 1.807) is 0 Å². The van der Waals surface area contributed by atoms with E-state index in [0.29, 0.717) is 0 Å². The van der Waals surface area contributed by atoms with Gasteiger partial charge in [-0.25, -0.2) is 0 Å². The first-order chi connectivity index (χ1) is 15.1. The van der Waals surface area contributed by atoms with Crippen LogP contribution < -0.4 is 45.0 Å². The van der Waals surface area contributed by atoms with E-state index in [-0.39, 0.29) is 37.8 Å². The van der Waals surface area contributed by atoms with Gasteiger partial charge in [0.1, 0.15) is 5.25 Å². The van der Waals surface area contributed by atoms with E-state index in [9.17, 15) is 38.4 Å². The molecule has 14 heteroatoms. The average Bonchev–Trinajstić information content (AvgIpc) is 2.71. The molecule has 0 saturated heterocycles. The molecule has 0 spiro atoms. The molecule has 0 aromatic carbocycles. The molecule has 13 nitrogen and oxygen atoms in total. The lowest BCUT2D eigenvalue weighted by Crippen LogP contribution is -2.44. The molecular weight excluding hydrogens is 496 g/mol. The van der Waals surface area contributed by atoms with E-state index >= 15 is 0 Å². The fourth-order valence-corrected chi connectivity index (χ4v) is 3.17. The van der Waals surface area contributed by atoms with Crippen LogP contribution in [0.1, 0.15) is 110 Å². The molecule has 0 rings (SSSR count). The SMILES string of the molecule is CCCCCCCCC[O-].CCCCCCCCC[O-].O=C([O-])CC(C(=O)[O-])S(=O)(=O)O.[NH4+].[NH4+].[NH4+].[NH4+]. The topological polar surface area (TPSA) is 327 Å². The van der Waals surface area contributed by atoms with Crippen LogP contribution in [0.25, 0.3) is 0 Å². The minimum absolute atomic E-state index is 0. The highest BCUT2D eigenvalue weighted by Gasteiger charge is 2.24. The summed E-state index contributed by atoms with van der Waals surface area (Å²) in [5.41, 5.74) is 0. The summed E-state index contributed by atoms with van der Waals surface area (Å²) in [6, 6.07) is 0. The second kappa shape index (κ2) is 38.1. The second-order valence-electron chi connectivity index (χ2n) is 7.55. The molecule has 0 aromatic rings. The third-order valence-electron chi connectivity index (χ3n) is 4.47. The van der Waals surface area contributed by atoms with Crippen LogP contribution in [-0.2, 0) is 19.7 Å². The summed E-state index contributed by atoms with van der Waals surface area (Å²) in [5.74, 6) is -4.08. The normalized spacial score (nSPS) is 10.2. The van der Waals surface area contributed by atoms with Crippen molar-refractivity contribution in [3.05, 3.63) is 0 Å². The monoisotopic (exact) mass is 554 g/mol. The van der Waals surface area contributed by atoms with Gasteiger partial charge in [-0.3, -0.25) is 4.55 Å². The molecular formula is C22H58N4O9S. The number of hydrogen-bond donors (Lipinski definition) is 5. The van der Waals surface area contributed by atoms with Crippen molar-refractivity contribution in [3.63, 3.8) is 0 Å². The van der Waals surface area contributed by atoms with Crippen LogP contribution in [0.2, 0.25) is 0 Å². The molecule has 0 radical (unpaired) electrons. The van der Waals surface area contributed by atoms with Crippen LogP contribution in [0.5, 0.6) is 0 Å². The van der Waals surface area contributed by atoms with Gasteiger partial charge in [0.15, 0.2) is 0 Å². The highest BCUT2D eigenvalue weighted by atomic mass is 32.2. The Balaban J connectivity index is -0.0000000667. The molecule has 0 aromatic heterocycles. The lowest BCUT2D eigenvalue weighted by molar-refractivity contribution is -0.368. The Morgan fingerprint density at radius 1 is 0.639 bits per heavy atom. The zero-order valence-electron chi connectivity index (χ0n) is 23.7. The minimum Gasteiger partial charge on any atom is -0.854 e. The van der Waals surface area contributed by atoms with Crippen LogP contribution in [0, 0.1) is 0 Å². The van der Waals surface area contributed by atoms with Gasteiger partial charge in [-0.1, -0.05) is 104 Å². The molecule has 36 heavy (non-hydrogen) atoms. The Bertz CT molecular complexity index is 508. The summed E-state index contributed by atoms with van der Waals surface area (Å²) in [6.07, 6.45) is 16.0. The van der Waals surface area contributed by atoms with E-state index < -0.39 is 33.7 Å². The summed E-state index contributed by atoms with van der Waals surface area (Å²) in [4.78, 5) is 19.7. The number of carboxylic acids is 2. The molecule has 0 amide bonds. The van der Waals surface area contributed by atoms with Crippen molar-refractivity contribution in [2.75, 3.05) is 13.2 Å². The maximum atomic E-state index is 10.2. The molecule has 1 atom stereocenters. The van der Waals surface area contributed by atoms with Gasteiger partial charge in [0.05, 0.1) is 5.97 Å². The molecule has 0 heterocycles. The van der Waals surface area contributed by atoms with Crippen LogP contribution in [0.15, 0.2) is 0 Å². The number of quaternary nitrogens is 4. The van der Waals surface area contributed by atoms with Gasteiger partial charge in [-0.2, -0.15) is 8.42 Å². The van der Waals surface area contributed by atoms with Gasteiger partial charge in [-0.15, -0.1) is 13.2 Å². The molecule has 0 saturated carbocycles. The highest BCUT2D eigenvalue weighted by Crippen LogP contribution is 2.06. The van der Waals surface area contributed by atoms with Gasteiger partial charge < -0.3 is 54.6 Å². The number of carboxylic acid groups (broad SMARTS) is 2. The Labute approximate surface area is 218 Å². The molecule has 0 fully saturated rings. The maximum Gasteiger partial charge on any atom is 0.273 e. The van der Waals surface area contributed by atoms with Gasteiger partial charge in [0.2, 0.25) is 0 Å². The van der Waals surface area contributed by atoms with Crippen molar-refractivity contribution >= 4 is 22.1 Å². The summed E-state index contributed by atoms with van der Waals surface area (Å²) in [5, 5.41) is 37.3. The molecule has 0 aliphatic heterocycles. The fourth-order valence-electron chi connectivity index (χ4n) is 2.58. The van der Waals surface area contributed by atoms with Crippen molar-refractivity contribution in [1.29, 1.82) is 0 Å². The summed E-state index contributed by atoms with van der Waals surface area (Å²) < 4.78 is 28.5. The quantitative estimate of drug-likeness (QED) is 0.121. The summed E-state index contributed by atoms with van der Waals surface area (Å²) in [6.45, 7) is 4.68. The number of carbonyl (C=O) groups is 2. The van der Waals surface area contributed by atoms with Gasteiger partial charge in [0, 0.05) is 12.4 Å². The number of hydrogen-bond acceptors (Lipinski definition) is 8. The van der Waals surface area contributed by atoms with E-state index in [0.717, 1.165) is 25.7 Å². The lowest BCUT2D eigenvalue weighted by atomic mass is 10.1. The Morgan fingerprint density at radius 3 is 1.08 bits per heavy atom. The Kier molecular flexibility index (Phi) is 54.3. The molecule has 0 bridgehead atoms. The van der Waals surface area contributed by atoms with Crippen LogP contribution in [0.3, 0.4) is 0 Å². The fraction of sp³-hybridized carbons (Fsp3) is 0.909. The Morgan fingerprint density at radius 2 is 0.917 bits per heavy atom. The smallest absolute Gasteiger partial charge is 0.273 e. The molecule has 226 valence electrons. The Hall–Kier alpha value is -1.39. The number of rotatable bonds is 18. The van der Waals surface area contributed by atoms with Crippen LogP contribution in [-0.4, -0.2) is 43.4 Å². The van der Waals surface area contributed by atoms with E-state index in [1.165, 1.54) is 64.2 Å². The number of unbranched alkanes of at least 4 members (excludes halogenated alkanes) is 12. The molecule has 0 aliphatic rings. The predicted molar refractivity (Wildman–Crippen MR) is 140 cm³/mol. The number of carbonyl (C=O) groups excluding carboxylic acids is 2. The average molecular weight is 555 g/mol. The van der Waals surface area contributed by atoms with E-state index in [2.05, 4.69) is 13.8 Å². The van der Waals surface area contributed by atoms with Gasteiger partial charge in [-0.05, 0) is 0 Å². The summed E-state index contributed by atoms with van der Waals surface area (Å²) >= 11 is 0. The van der Waals surface area contributed by atoms with E-state index in [4.69, 9.17) is 4.55 Å². The number of aliphatic carboxylic acids is 2. The van der Waals surface area contributed by atoms with Crippen molar-refractivity contribution < 1.29 is 43.0 Å². The lowest BCUT2D eigenvalue weighted by Gasteiger charge is -2.14. The second-order valence-corrected chi connectivity index (χ2v) is 9.15. The van der Waals surface area contributed by atoms with Gasteiger partial charge >= 0.3 is 0 Å². The molecule has 0 aliphatic carbocycles. The zero-order chi connectivity index (χ0) is 25.3. The van der Waals surface area contributed by atoms with Crippen LogP contribution in [0.4, 0.5) is 0 Å². The summed E-state index contributed by atoms with van der Waals surface area (Å²) in [7, 11) is -4.94. The maximum absolute atomic E-state index is 10.2. The third kappa shape index (κ3) is 46.0. The van der Waals surface area contributed by atoms with Crippen molar-refractivity contribution in [2.24, 2.45) is 0 Å². The zero-order valence-corrected chi connectivity index (χ0v) is 24.5. The van der Waals surface area contributed by atoms with Gasteiger partial charge in [0.25, 0.3) is 10.1 Å². The third-order valence-corrected chi connectivity index (χ3v) is 5.55. The largest absolute Gasteiger partial charge is 0.854 e. The van der Waals surface area contributed by atoms with Crippen LogP contribution >= 0.6 is 0 Å². The first-order valence-corrected chi connectivity index (χ1v) is 13.1. The van der Waals surface area contributed by atoms with Crippen molar-refractivity contribution in [3.8, 4) is 0 Å². The first-order valence-electron chi connectivity index (χ1n) is 11.6. The van der Waals surface area contributed by atoms with E-state index in [1.807, 2.05) is 0 Å². The van der Waals surface area contributed by atoms with Crippen molar-refractivity contribution in [2.45, 2.75) is 115 Å². The molecule has 17 N–H and O–H groups in total.